The number of anilines is 1. The van der Waals surface area contributed by atoms with E-state index in [1.807, 2.05) is 13.8 Å². The van der Waals surface area contributed by atoms with Gasteiger partial charge in [0.25, 0.3) is 0 Å². The summed E-state index contributed by atoms with van der Waals surface area (Å²) in [6, 6.07) is 6.65. The van der Waals surface area contributed by atoms with Gasteiger partial charge in [-0.1, -0.05) is 19.9 Å². The Bertz CT molecular complexity index is 569. The molecule has 0 aromatic heterocycles. The predicted molar refractivity (Wildman–Crippen MR) is 88.3 cm³/mol. The van der Waals surface area contributed by atoms with E-state index in [0.717, 1.165) is 0 Å². The van der Waals surface area contributed by atoms with Crippen molar-refractivity contribution in [3.8, 4) is 0 Å². The normalized spacial score (nSPS) is 10.3. The molecule has 0 unspecified atom stereocenters. The van der Waals surface area contributed by atoms with Gasteiger partial charge in [0, 0.05) is 32.1 Å². The van der Waals surface area contributed by atoms with Crippen molar-refractivity contribution >= 4 is 23.5 Å². The van der Waals surface area contributed by atoms with E-state index in [4.69, 9.17) is 0 Å². The number of hydrogen-bond acceptors (Lipinski definition) is 4. The molecule has 0 saturated heterocycles. The number of methoxy groups -OCH3 is 1. The molecule has 23 heavy (non-hydrogen) atoms. The van der Waals surface area contributed by atoms with Crippen LogP contribution in [-0.4, -0.2) is 38.0 Å². The van der Waals surface area contributed by atoms with Crippen LogP contribution in [0.2, 0.25) is 0 Å². The molecule has 6 heteroatoms. The third-order valence-electron chi connectivity index (χ3n) is 3.21. The fourth-order valence-electron chi connectivity index (χ4n) is 2.14. The van der Waals surface area contributed by atoms with Crippen molar-refractivity contribution < 1.29 is 19.1 Å². The SMILES string of the molecule is COC(=O)c1cccc(N(CCNC(=O)CC(C)C)C(C)=O)c1. The molecular formula is C17H24N2O4. The minimum Gasteiger partial charge on any atom is -0.465 e. The monoisotopic (exact) mass is 320 g/mol. The Morgan fingerprint density at radius 3 is 2.52 bits per heavy atom. The van der Waals surface area contributed by atoms with Crippen LogP contribution in [0, 0.1) is 5.92 Å². The molecule has 0 aliphatic rings. The third-order valence-corrected chi connectivity index (χ3v) is 3.21. The number of hydrogen-bond donors (Lipinski definition) is 1. The maximum absolute atomic E-state index is 11.8. The molecule has 1 N–H and O–H groups in total. The maximum atomic E-state index is 11.8. The first-order chi connectivity index (χ1) is 10.8. The molecule has 0 atom stereocenters. The quantitative estimate of drug-likeness (QED) is 0.780. The van der Waals surface area contributed by atoms with Gasteiger partial charge in [-0.3, -0.25) is 9.59 Å². The van der Waals surface area contributed by atoms with Crippen molar-refractivity contribution in [3.05, 3.63) is 29.8 Å². The van der Waals surface area contributed by atoms with Crippen LogP contribution >= 0.6 is 0 Å². The van der Waals surface area contributed by atoms with E-state index >= 15 is 0 Å². The number of benzene rings is 1. The lowest BCUT2D eigenvalue weighted by atomic mass is 10.1. The van der Waals surface area contributed by atoms with Crippen molar-refractivity contribution in [1.29, 1.82) is 0 Å². The topological polar surface area (TPSA) is 75.7 Å². The van der Waals surface area contributed by atoms with Gasteiger partial charge in [-0.25, -0.2) is 4.79 Å². The minimum atomic E-state index is -0.458. The van der Waals surface area contributed by atoms with Gasteiger partial charge in [0.2, 0.25) is 11.8 Å². The molecule has 0 heterocycles. The summed E-state index contributed by atoms with van der Waals surface area (Å²) in [5, 5.41) is 2.79. The Morgan fingerprint density at radius 2 is 1.96 bits per heavy atom. The zero-order chi connectivity index (χ0) is 17.4. The molecule has 0 saturated carbocycles. The Morgan fingerprint density at radius 1 is 1.26 bits per heavy atom. The largest absolute Gasteiger partial charge is 0.465 e. The van der Waals surface area contributed by atoms with Crippen LogP contribution in [0.4, 0.5) is 5.69 Å². The van der Waals surface area contributed by atoms with Gasteiger partial charge in [-0.15, -0.1) is 0 Å². The van der Waals surface area contributed by atoms with Crippen molar-refractivity contribution in [2.75, 3.05) is 25.1 Å². The van der Waals surface area contributed by atoms with Crippen LogP contribution < -0.4 is 10.2 Å². The average Bonchev–Trinajstić information content (AvgIpc) is 2.49. The van der Waals surface area contributed by atoms with Crippen molar-refractivity contribution in [1.82, 2.24) is 5.32 Å². The van der Waals surface area contributed by atoms with Gasteiger partial charge < -0.3 is 15.0 Å². The fourth-order valence-corrected chi connectivity index (χ4v) is 2.14. The molecule has 126 valence electrons. The lowest BCUT2D eigenvalue weighted by Gasteiger charge is -2.22. The second-order valence-electron chi connectivity index (χ2n) is 5.66. The van der Waals surface area contributed by atoms with Crippen molar-refractivity contribution in [2.24, 2.45) is 5.92 Å². The van der Waals surface area contributed by atoms with Crippen LogP contribution in [0.1, 0.15) is 37.6 Å². The molecule has 1 rings (SSSR count). The van der Waals surface area contributed by atoms with Gasteiger partial charge in [-0.2, -0.15) is 0 Å². The number of amides is 2. The van der Waals surface area contributed by atoms with Crippen molar-refractivity contribution in [3.63, 3.8) is 0 Å². The molecule has 0 aliphatic heterocycles. The van der Waals surface area contributed by atoms with Crippen LogP contribution in [0.3, 0.4) is 0 Å². The Balaban J connectivity index is 2.74. The Kier molecular flexibility index (Phi) is 7.25. The second-order valence-corrected chi connectivity index (χ2v) is 5.66. The minimum absolute atomic E-state index is 0.0354. The van der Waals surface area contributed by atoms with E-state index in [1.54, 1.807) is 24.3 Å². The molecule has 0 bridgehead atoms. The van der Waals surface area contributed by atoms with Crippen LogP contribution in [0.5, 0.6) is 0 Å². The first-order valence-corrected chi connectivity index (χ1v) is 7.58. The highest BCUT2D eigenvalue weighted by molar-refractivity contribution is 5.95. The predicted octanol–water partition coefficient (Wildman–Crippen LogP) is 1.99. The molecule has 6 nitrogen and oxygen atoms in total. The van der Waals surface area contributed by atoms with E-state index in [9.17, 15) is 14.4 Å². The summed E-state index contributed by atoms with van der Waals surface area (Å²) in [6.07, 6.45) is 0.456. The lowest BCUT2D eigenvalue weighted by molar-refractivity contribution is -0.122. The number of carbonyl (C=O) groups is 3. The summed E-state index contributed by atoms with van der Waals surface area (Å²) in [4.78, 5) is 36.6. The van der Waals surface area contributed by atoms with E-state index in [-0.39, 0.29) is 17.7 Å². The average molecular weight is 320 g/mol. The van der Waals surface area contributed by atoms with Crippen LogP contribution in [0.15, 0.2) is 24.3 Å². The van der Waals surface area contributed by atoms with Gasteiger partial charge in [0.1, 0.15) is 0 Å². The summed E-state index contributed by atoms with van der Waals surface area (Å²) in [6.45, 7) is 6.08. The van der Waals surface area contributed by atoms with Crippen LogP contribution in [0.25, 0.3) is 0 Å². The smallest absolute Gasteiger partial charge is 0.337 e. The van der Waals surface area contributed by atoms with Gasteiger partial charge in [0.05, 0.1) is 12.7 Å². The number of rotatable bonds is 7. The summed E-state index contributed by atoms with van der Waals surface area (Å²) >= 11 is 0. The third kappa shape index (κ3) is 6.10. The number of carbonyl (C=O) groups excluding carboxylic acids is 3. The molecule has 1 aromatic carbocycles. The van der Waals surface area contributed by atoms with Gasteiger partial charge in [-0.05, 0) is 24.1 Å². The zero-order valence-electron chi connectivity index (χ0n) is 14.1. The highest BCUT2D eigenvalue weighted by Gasteiger charge is 2.14. The van der Waals surface area contributed by atoms with Crippen molar-refractivity contribution in [2.45, 2.75) is 27.2 Å². The lowest BCUT2D eigenvalue weighted by Crippen LogP contribution is -2.37. The molecule has 0 radical (unpaired) electrons. The van der Waals surface area contributed by atoms with Gasteiger partial charge in [0.15, 0.2) is 0 Å². The molecule has 0 spiro atoms. The standard InChI is InChI=1S/C17H24N2O4/c1-12(2)10-16(21)18-8-9-19(13(3)20)15-7-5-6-14(11-15)17(22)23-4/h5-7,11-12H,8-10H2,1-4H3,(H,18,21). The summed E-state index contributed by atoms with van der Waals surface area (Å²) in [7, 11) is 1.31. The molecule has 2 amide bonds. The zero-order valence-corrected chi connectivity index (χ0v) is 14.1. The fraction of sp³-hybridized carbons (Fsp3) is 0.471. The summed E-state index contributed by atoms with van der Waals surface area (Å²) in [5.74, 6) is -0.367. The maximum Gasteiger partial charge on any atom is 0.337 e. The number of nitrogens with zero attached hydrogens (tertiary/aromatic N) is 1. The molecule has 1 aromatic rings. The number of ether oxygens (including phenoxy) is 1. The van der Waals surface area contributed by atoms with E-state index in [0.29, 0.717) is 30.8 Å². The van der Waals surface area contributed by atoms with E-state index < -0.39 is 5.97 Å². The Hall–Kier alpha value is -2.37. The molecular weight excluding hydrogens is 296 g/mol. The number of esters is 1. The van der Waals surface area contributed by atoms with E-state index in [2.05, 4.69) is 10.1 Å². The summed E-state index contributed by atoms with van der Waals surface area (Å²) < 4.78 is 4.68. The summed E-state index contributed by atoms with van der Waals surface area (Å²) in [5.41, 5.74) is 0.971. The highest BCUT2D eigenvalue weighted by Crippen LogP contribution is 2.17. The Labute approximate surface area is 136 Å². The first-order valence-electron chi connectivity index (χ1n) is 7.58. The molecule has 0 fully saturated rings. The number of nitrogens with one attached hydrogen (secondary N) is 1. The second kappa shape index (κ2) is 8.92. The van der Waals surface area contributed by atoms with Gasteiger partial charge >= 0.3 is 5.97 Å². The molecule has 0 aliphatic carbocycles. The van der Waals surface area contributed by atoms with Crippen LogP contribution in [-0.2, 0) is 14.3 Å². The highest BCUT2D eigenvalue weighted by atomic mass is 16.5. The first kappa shape index (κ1) is 18.7. The van der Waals surface area contributed by atoms with E-state index in [1.165, 1.54) is 18.9 Å².